The summed E-state index contributed by atoms with van der Waals surface area (Å²) in [5, 5.41) is 7.67. The Hall–Kier alpha value is -2.14. The molecular weight excluding hydrogens is 250 g/mol. The van der Waals surface area contributed by atoms with Gasteiger partial charge < -0.3 is 9.72 Å². The number of hydrogen-bond acceptors (Lipinski definition) is 3. The van der Waals surface area contributed by atoms with E-state index >= 15 is 0 Å². The molecule has 0 bridgehead atoms. The normalized spacial score (nSPS) is 11.2. The van der Waals surface area contributed by atoms with Crippen LogP contribution in [0.2, 0.25) is 0 Å². The maximum absolute atomic E-state index is 4.56. The van der Waals surface area contributed by atoms with Crippen LogP contribution in [0, 0.1) is 6.92 Å². The van der Waals surface area contributed by atoms with E-state index in [4.69, 9.17) is 0 Å². The second kappa shape index (κ2) is 5.88. The van der Waals surface area contributed by atoms with Crippen molar-refractivity contribution in [3.05, 3.63) is 54.2 Å². The van der Waals surface area contributed by atoms with E-state index < -0.39 is 0 Å². The van der Waals surface area contributed by atoms with Gasteiger partial charge in [0.25, 0.3) is 0 Å². The van der Waals surface area contributed by atoms with Gasteiger partial charge in [-0.1, -0.05) is 6.07 Å². The predicted octanol–water partition coefficient (Wildman–Crippen LogP) is 2.02. The molecule has 0 atom stereocenters. The van der Waals surface area contributed by atoms with Crippen LogP contribution >= 0.6 is 0 Å². The summed E-state index contributed by atoms with van der Waals surface area (Å²) in [5.74, 6) is 0. The quantitative estimate of drug-likeness (QED) is 0.696. The number of nitrogens with zero attached hydrogens (tertiary/aromatic N) is 4. The molecule has 0 aliphatic rings. The van der Waals surface area contributed by atoms with Crippen molar-refractivity contribution < 1.29 is 0 Å². The molecule has 0 saturated heterocycles. The van der Waals surface area contributed by atoms with Gasteiger partial charge in [0.1, 0.15) is 5.65 Å². The summed E-state index contributed by atoms with van der Waals surface area (Å²) in [5.41, 5.74) is 3.34. The molecule has 0 radical (unpaired) electrons. The highest BCUT2D eigenvalue weighted by Crippen LogP contribution is 2.11. The maximum atomic E-state index is 4.56. The van der Waals surface area contributed by atoms with Gasteiger partial charge in [-0.3, -0.25) is 4.68 Å². The van der Waals surface area contributed by atoms with Crippen molar-refractivity contribution in [2.45, 2.75) is 26.4 Å². The second-order valence-corrected chi connectivity index (χ2v) is 4.87. The van der Waals surface area contributed by atoms with Crippen LogP contribution in [-0.4, -0.2) is 25.7 Å². The number of imidazole rings is 1. The Morgan fingerprint density at radius 1 is 1.20 bits per heavy atom. The van der Waals surface area contributed by atoms with Crippen molar-refractivity contribution in [2.75, 3.05) is 6.54 Å². The first-order valence-corrected chi connectivity index (χ1v) is 6.95. The number of nitrogens with one attached hydrogen (secondary N) is 1. The molecule has 3 aromatic heterocycles. The second-order valence-electron chi connectivity index (χ2n) is 4.87. The minimum atomic E-state index is 0.843. The van der Waals surface area contributed by atoms with Crippen LogP contribution in [0.4, 0.5) is 0 Å². The summed E-state index contributed by atoms with van der Waals surface area (Å²) in [6, 6.07) is 8.04. The van der Waals surface area contributed by atoms with Crippen LogP contribution < -0.4 is 5.32 Å². The number of hydrogen-bond donors (Lipinski definition) is 1. The monoisotopic (exact) mass is 269 g/mol. The van der Waals surface area contributed by atoms with Crippen LogP contribution in [0.1, 0.15) is 17.8 Å². The first-order chi connectivity index (χ1) is 9.84. The molecule has 1 N–H and O–H groups in total. The number of aryl methyl sites for hydroxylation is 2. The van der Waals surface area contributed by atoms with Crippen molar-refractivity contribution >= 4 is 5.65 Å². The molecule has 0 amide bonds. The van der Waals surface area contributed by atoms with Gasteiger partial charge >= 0.3 is 0 Å². The minimum Gasteiger partial charge on any atom is -0.311 e. The van der Waals surface area contributed by atoms with Gasteiger partial charge in [0, 0.05) is 31.7 Å². The molecule has 104 valence electrons. The average molecular weight is 269 g/mol. The van der Waals surface area contributed by atoms with Gasteiger partial charge in [-0.2, -0.15) is 5.10 Å². The maximum Gasteiger partial charge on any atom is 0.137 e. The molecule has 3 aromatic rings. The Kier molecular flexibility index (Phi) is 3.78. The Bertz CT molecular complexity index is 669. The Labute approximate surface area is 118 Å². The van der Waals surface area contributed by atoms with Crippen LogP contribution in [0.25, 0.3) is 5.65 Å². The van der Waals surface area contributed by atoms with Crippen LogP contribution in [0.3, 0.4) is 0 Å². The first-order valence-electron chi connectivity index (χ1n) is 6.95. The highest BCUT2D eigenvalue weighted by atomic mass is 15.3. The third-order valence-corrected chi connectivity index (χ3v) is 3.42. The smallest absolute Gasteiger partial charge is 0.137 e. The Balaban J connectivity index is 1.53. The van der Waals surface area contributed by atoms with E-state index in [2.05, 4.69) is 32.9 Å². The Morgan fingerprint density at radius 2 is 2.15 bits per heavy atom. The first kappa shape index (κ1) is 12.9. The van der Waals surface area contributed by atoms with Crippen molar-refractivity contribution in [2.24, 2.45) is 0 Å². The molecule has 0 aliphatic carbocycles. The van der Waals surface area contributed by atoms with Crippen LogP contribution in [0.15, 0.2) is 42.9 Å². The van der Waals surface area contributed by atoms with Gasteiger partial charge in [0.05, 0.1) is 11.4 Å². The van der Waals surface area contributed by atoms with Crippen molar-refractivity contribution in [1.82, 2.24) is 24.5 Å². The highest BCUT2D eigenvalue weighted by Gasteiger charge is 2.06. The summed E-state index contributed by atoms with van der Waals surface area (Å²) in [4.78, 5) is 4.56. The zero-order valence-corrected chi connectivity index (χ0v) is 11.7. The fraction of sp³-hybridized carbons (Fsp3) is 0.333. The van der Waals surface area contributed by atoms with Gasteiger partial charge in [0.15, 0.2) is 0 Å². The lowest BCUT2D eigenvalue weighted by atomic mass is 10.3. The van der Waals surface area contributed by atoms with E-state index in [-0.39, 0.29) is 0 Å². The molecule has 0 saturated carbocycles. The van der Waals surface area contributed by atoms with Gasteiger partial charge in [-0.15, -0.1) is 0 Å². The number of rotatable bonds is 6. The number of fused-ring (bicyclic) bond motifs is 1. The third-order valence-electron chi connectivity index (χ3n) is 3.42. The van der Waals surface area contributed by atoms with Crippen molar-refractivity contribution in [1.29, 1.82) is 0 Å². The molecule has 3 heterocycles. The lowest BCUT2D eigenvalue weighted by Gasteiger charge is -2.06. The third kappa shape index (κ3) is 2.72. The van der Waals surface area contributed by atoms with E-state index in [0.29, 0.717) is 0 Å². The lowest BCUT2D eigenvalue weighted by molar-refractivity contribution is 0.540. The topological polar surface area (TPSA) is 47.1 Å². The zero-order valence-electron chi connectivity index (χ0n) is 11.7. The van der Waals surface area contributed by atoms with E-state index in [0.717, 1.165) is 37.4 Å². The van der Waals surface area contributed by atoms with E-state index in [1.807, 2.05) is 41.3 Å². The van der Waals surface area contributed by atoms with Crippen LogP contribution in [-0.2, 0) is 13.1 Å². The summed E-state index contributed by atoms with van der Waals surface area (Å²) in [6.07, 6.45) is 6.94. The number of pyridine rings is 1. The van der Waals surface area contributed by atoms with Crippen molar-refractivity contribution in [3.63, 3.8) is 0 Å². The van der Waals surface area contributed by atoms with E-state index in [1.165, 1.54) is 5.69 Å². The summed E-state index contributed by atoms with van der Waals surface area (Å²) in [7, 11) is 0. The lowest BCUT2D eigenvalue weighted by Crippen LogP contribution is -2.18. The van der Waals surface area contributed by atoms with Crippen molar-refractivity contribution in [3.8, 4) is 0 Å². The van der Waals surface area contributed by atoms with E-state index in [1.54, 1.807) is 0 Å². The summed E-state index contributed by atoms with van der Waals surface area (Å²) >= 11 is 0. The summed E-state index contributed by atoms with van der Waals surface area (Å²) in [6.45, 7) is 4.83. The fourth-order valence-electron chi connectivity index (χ4n) is 2.38. The summed E-state index contributed by atoms with van der Waals surface area (Å²) < 4.78 is 4.11. The Morgan fingerprint density at radius 3 is 3.00 bits per heavy atom. The molecule has 3 rings (SSSR count). The minimum absolute atomic E-state index is 0.843. The van der Waals surface area contributed by atoms with Gasteiger partial charge in [-0.05, 0) is 38.1 Å². The molecule has 0 fully saturated rings. The predicted molar refractivity (Wildman–Crippen MR) is 78.5 cm³/mol. The average Bonchev–Trinajstić information content (AvgIpc) is 3.06. The molecular formula is C15H19N5. The largest absolute Gasteiger partial charge is 0.311 e. The number of aromatic nitrogens is 4. The standard InChI is InChI=1S/C15H19N5/c1-13-14(20-11-3-2-6-15(20)18-13)12-16-7-4-9-19-10-5-8-17-19/h2-3,5-6,8,10-11,16H,4,7,9,12H2,1H3. The molecule has 0 unspecified atom stereocenters. The molecule has 0 aromatic carbocycles. The molecule has 5 nitrogen and oxygen atoms in total. The molecule has 5 heteroatoms. The van der Waals surface area contributed by atoms with Gasteiger partial charge in [0.2, 0.25) is 0 Å². The molecule has 20 heavy (non-hydrogen) atoms. The molecule has 0 spiro atoms. The van der Waals surface area contributed by atoms with E-state index in [9.17, 15) is 0 Å². The zero-order chi connectivity index (χ0) is 13.8. The van der Waals surface area contributed by atoms with Crippen LogP contribution in [0.5, 0.6) is 0 Å². The highest BCUT2D eigenvalue weighted by molar-refractivity contribution is 5.42. The van der Waals surface area contributed by atoms with Gasteiger partial charge in [-0.25, -0.2) is 4.98 Å². The SMILES string of the molecule is Cc1nc2ccccn2c1CNCCCn1cccn1. The molecule has 0 aliphatic heterocycles. The fourth-order valence-corrected chi connectivity index (χ4v) is 2.38.